The van der Waals surface area contributed by atoms with Crippen molar-refractivity contribution in [1.29, 1.82) is 0 Å². The molecular formula is C14H18FNO2. The molecule has 0 spiro atoms. The van der Waals surface area contributed by atoms with Gasteiger partial charge >= 0.3 is 5.97 Å². The summed E-state index contributed by atoms with van der Waals surface area (Å²) in [5.41, 5.74) is 0.572. The number of rotatable bonds is 2. The van der Waals surface area contributed by atoms with Crippen molar-refractivity contribution < 1.29 is 14.3 Å². The van der Waals surface area contributed by atoms with Crippen LogP contribution in [-0.2, 0) is 0 Å². The highest BCUT2D eigenvalue weighted by Crippen LogP contribution is 2.33. The number of carbonyl (C=O) groups is 1. The Morgan fingerprint density at radius 1 is 1.33 bits per heavy atom. The molecule has 1 heterocycles. The van der Waals surface area contributed by atoms with Crippen LogP contribution < -0.4 is 4.90 Å². The van der Waals surface area contributed by atoms with Crippen LogP contribution in [0.25, 0.3) is 0 Å². The van der Waals surface area contributed by atoms with Gasteiger partial charge in [0.05, 0.1) is 5.69 Å². The summed E-state index contributed by atoms with van der Waals surface area (Å²) in [6.07, 6.45) is 1.98. The summed E-state index contributed by atoms with van der Waals surface area (Å²) in [6.45, 7) is 5.95. The van der Waals surface area contributed by atoms with Gasteiger partial charge in [0.15, 0.2) is 0 Å². The van der Waals surface area contributed by atoms with Crippen LogP contribution in [0.1, 0.15) is 37.0 Å². The topological polar surface area (TPSA) is 40.5 Å². The molecule has 4 heteroatoms. The fraction of sp³-hybridized carbons (Fsp3) is 0.500. The van der Waals surface area contributed by atoms with Gasteiger partial charge < -0.3 is 10.0 Å². The van der Waals surface area contributed by atoms with Gasteiger partial charge in [-0.2, -0.15) is 0 Å². The van der Waals surface area contributed by atoms with Crippen molar-refractivity contribution in [2.24, 2.45) is 5.41 Å². The maximum Gasteiger partial charge on any atom is 0.340 e. The number of carboxylic acid groups (broad SMARTS) is 1. The zero-order chi connectivity index (χ0) is 13.3. The van der Waals surface area contributed by atoms with Crippen LogP contribution in [0.5, 0.6) is 0 Å². The normalized spacial score (nSPS) is 18.7. The van der Waals surface area contributed by atoms with Crippen molar-refractivity contribution in [2.75, 3.05) is 18.0 Å². The van der Waals surface area contributed by atoms with E-state index in [9.17, 15) is 9.18 Å². The van der Waals surface area contributed by atoms with Crippen LogP contribution in [0.3, 0.4) is 0 Å². The summed E-state index contributed by atoms with van der Waals surface area (Å²) < 4.78 is 13.6. The molecule has 18 heavy (non-hydrogen) atoms. The quantitative estimate of drug-likeness (QED) is 0.877. The number of benzene rings is 1. The number of aromatic carboxylic acids is 1. The molecule has 0 bridgehead atoms. The lowest BCUT2D eigenvalue weighted by Crippen LogP contribution is -2.38. The standard InChI is InChI=1S/C14H18FNO2/c1-14(2)6-8-16(9-7-14)11-5-3-4-10(15)12(11)13(17)18/h3-5H,6-9H2,1-2H3,(H,17,18). The highest BCUT2D eigenvalue weighted by molar-refractivity contribution is 5.94. The van der Waals surface area contributed by atoms with Crippen LogP contribution in [0, 0.1) is 11.2 Å². The van der Waals surface area contributed by atoms with Crippen molar-refractivity contribution in [3.8, 4) is 0 Å². The Hall–Kier alpha value is -1.58. The van der Waals surface area contributed by atoms with Crippen LogP contribution in [0.2, 0.25) is 0 Å². The third-order valence-corrected chi connectivity index (χ3v) is 3.66. The van der Waals surface area contributed by atoms with Crippen LogP contribution in [-0.4, -0.2) is 24.2 Å². The largest absolute Gasteiger partial charge is 0.478 e. The van der Waals surface area contributed by atoms with Crippen molar-refractivity contribution in [3.05, 3.63) is 29.6 Å². The second-order valence-electron chi connectivity index (χ2n) is 5.59. The summed E-state index contributed by atoms with van der Waals surface area (Å²) in [5, 5.41) is 9.11. The monoisotopic (exact) mass is 251 g/mol. The molecule has 1 aromatic rings. The van der Waals surface area contributed by atoms with Crippen molar-refractivity contribution in [3.63, 3.8) is 0 Å². The number of piperidine rings is 1. The zero-order valence-corrected chi connectivity index (χ0v) is 10.7. The van der Waals surface area contributed by atoms with Gasteiger partial charge in [0.25, 0.3) is 0 Å². The average Bonchev–Trinajstić information content (AvgIpc) is 2.28. The molecule has 1 N–H and O–H groups in total. The molecule has 1 saturated heterocycles. The molecule has 1 aromatic carbocycles. The highest BCUT2D eigenvalue weighted by Gasteiger charge is 2.28. The van der Waals surface area contributed by atoms with Gasteiger partial charge in [-0.1, -0.05) is 19.9 Å². The Morgan fingerprint density at radius 2 is 1.94 bits per heavy atom. The van der Waals surface area contributed by atoms with E-state index in [0.717, 1.165) is 25.9 Å². The lowest BCUT2D eigenvalue weighted by molar-refractivity contribution is 0.0692. The van der Waals surface area contributed by atoms with E-state index in [-0.39, 0.29) is 11.0 Å². The first-order chi connectivity index (χ1) is 8.41. The molecule has 1 aliphatic heterocycles. The maximum atomic E-state index is 13.6. The van der Waals surface area contributed by atoms with Gasteiger partial charge in [0, 0.05) is 13.1 Å². The van der Waals surface area contributed by atoms with Crippen LogP contribution >= 0.6 is 0 Å². The molecule has 3 nitrogen and oxygen atoms in total. The smallest absolute Gasteiger partial charge is 0.340 e. The van der Waals surface area contributed by atoms with Gasteiger partial charge in [0.2, 0.25) is 0 Å². The second-order valence-corrected chi connectivity index (χ2v) is 5.59. The van der Waals surface area contributed by atoms with E-state index < -0.39 is 11.8 Å². The molecule has 0 aromatic heterocycles. The van der Waals surface area contributed by atoms with Crippen LogP contribution in [0.15, 0.2) is 18.2 Å². The molecule has 1 fully saturated rings. The Bertz CT molecular complexity index is 461. The Labute approximate surface area is 106 Å². The minimum atomic E-state index is -1.20. The Balaban J connectivity index is 2.30. The molecule has 0 unspecified atom stereocenters. The molecular weight excluding hydrogens is 233 g/mol. The number of hydrogen-bond donors (Lipinski definition) is 1. The third kappa shape index (κ3) is 2.47. The number of halogens is 1. The van der Waals surface area contributed by atoms with Gasteiger partial charge in [0.1, 0.15) is 11.4 Å². The first kappa shape index (κ1) is 12.9. The number of nitrogens with zero attached hydrogens (tertiary/aromatic N) is 1. The van der Waals surface area contributed by atoms with Crippen LogP contribution in [0.4, 0.5) is 10.1 Å². The molecule has 1 aliphatic rings. The van der Waals surface area contributed by atoms with Crippen molar-refractivity contribution in [2.45, 2.75) is 26.7 Å². The molecule has 0 aliphatic carbocycles. The number of carboxylic acids is 1. The molecule has 2 rings (SSSR count). The molecule has 0 saturated carbocycles. The summed E-state index contributed by atoms with van der Waals surface area (Å²) in [5.74, 6) is -1.86. The van der Waals surface area contributed by atoms with E-state index in [1.807, 2.05) is 4.90 Å². The van der Waals surface area contributed by atoms with Gasteiger partial charge in [-0.05, 0) is 30.4 Å². The summed E-state index contributed by atoms with van der Waals surface area (Å²) in [7, 11) is 0. The van der Waals surface area contributed by atoms with E-state index >= 15 is 0 Å². The predicted molar refractivity (Wildman–Crippen MR) is 68.6 cm³/mol. The summed E-state index contributed by atoms with van der Waals surface area (Å²) in [6, 6.07) is 4.45. The van der Waals surface area contributed by atoms with Gasteiger partial charge in [-0.15, -0.1) is 0 Å². The molecule has 0 amide bonds. The fourth-order valence-corrected chi connectivity index (χ4v) is 2.34. The van der Waals surface area contributed by atoms with E-state index in [2.05, 4.69) is 13.8 Å². The molecule has 0 atom stereocenters. The number of hydrogen-bond acceptors (Lipinski definition) is 2. The summed E-state index contributed by atoms with van der Waals surface area (Å²) >= 11 is 0. The first-order valence-electron chi connectivity index (χ1n) is 6.17. The Morgan fingerprint density at radius 3 is 2.50 bits per heavy atom. The first-order valence-corrected chi connectivity index (χ1v) is 6.17. The average molecular weight is 251 g/mol. The third-order valence-electron chi connectivity index (χ3n) is 3.66. The van der Waals surface area contributed by atoms with Crippen molar-refractivity contribution >= 4 is 11.7 Å². The summed E-state index contributed by atoms with van der Waals surface area (Å²) in [4.78, 5) is 13.1. The van der Waals surface area contributed by atoms with E-state index in [0.29, 0.717) is 5.69 Å². The van der Waals surface area contributed by atoms with Gasteiger partial charge in [-0.25, -0.2) is 9.18 Å². The lowest BCUT2D eigenvalue weighted by Gasteiger charge is -2.38. The maximum absolute atomic E-state index is 13.6. The minimum Gasteiger partial charge on any atom is -0.478 e. The molecule has 0 radical (unpaired) electrons. The van der Waals surface area contributed by atoms with E-state index in [4.69, 9.17) is 5.11 Å². The zero-order valence-electron chi connectivity index (χ0n) is 10.7. The highest BCUT2D eigenvalue weighted by atomic mass is 19.1. The Kier molecular flexibility index (Phi) is 3.28. The molecule has 98 valence electrons. The predicted octanol–water partition coefficient (Wildman–Crippen LogP) is 3.15. The second kappa shape index (κ2) is 4.59. The SMILES string of the molecule is CC1(C)CCN(c2cccc(F)c2C(=O)O)CC1. The van der Waals surface area contributed by atoms with E-state index in [1.54, 1.807) is 12.1 Å². The number of anilines is 1. The fourth-order valence-electron chi connectivity index (χ4n) is 2.34. The van der Waals surface area contributed by atoms with Crippen molar-refractivity contribution in [1.82, 2.24) is 0 Å². The minimum absolute atomic E-state index is 0.211. The van der Waals surface area contributed by atoms with E-state index in [1.165, 1.54) is 6.07 Å². The van der Waals surface area contributed by atoms with Gasteiger partial charge in [-0.3, -0.25) is 0 Å². The lowest BCUT2D eigenvalue weighted by atomic mass is 9.82.